The molecule has 112 valence electrons. The lowest BCUT2D eigenvalue weighted by molar-refractivity contribution is 0.314. The van der Waals surface area contributed by atoms with E-state index >= 15 is 0 Å². The molecular formula is C14H29IN4. The first-order chi connectivity index (χ1) is 8.83. The topological polar surface area (TPSA) is 39.7 Å². The third-order valence-corrected chi connectivity index (χ3v) is 3.99. The van der Waals surface area contributed by atoms with Crippen LogP contribution in [0.25, 0.3) is 0 Å². The normalized spacial score (nSPS) is 24.1. The number of unbranched alkanes of at least 4 members (excludes halogenated alkanes) is 1. The number of nitrogens with one attached hydrogen (secondary N) is 2. The lowest BCUT2D eigenvalue weighted by atomic mass is 10.1. The Balaban J connectivity index is 0.00000180. The zero-order chi connectivity index (χ0) is 12.8. The summed E-state index contributed by atoms with van der Waals surface area (Å²) < 4.78 is 0. The average molecular weight is 380 g/mol. The van der Waals surface area contributed by atoms with Crippen LogP contribution in [0.5, 0.6) is 0 Å². The SMILES string of the molecule is CCCCNC(=NC)NCC1CCN(C2CC2)C1.I. The number of guanidine groups is 1. The van der Waals surface area contributed by atoms with Crippen molar-refractivity contribution >= 4 is 29.9 Å². The summed E-state index contributed by atoms with van der Waals surface area (Å²) in [6, 6.07) is 0.928. The second kappa shape index (κ2) is 9.00. The molecule has 1 aliphatic heterocycles. The van der Waals surface area contributed by atoms with E-state index in [1.165, 1.54) is 45.2 Å². The zero-order valence-electron chi connectivity index (χ0n) is 12.3. The van der Waals surface area contributed by atoms with Gasteiger partial charge in [-0.3, -0.25) is 4.99 Å². The molecule has 1 atom stereocenters. The molecule has 1 saturated heterocycles. The van der Waals surface area contributed by atoms with E-state index in [1.54, 1.807) is 0 Å². The number of rotatable bonds is 6. The lowest BCUT2D eigenvalue weighted by Crippen LogP contribution is -2.40. The fourth-order valence-electron chi connectivity index (χ4n) is 2.65. The smallest absolute Gasteiger partial charge is 0.190 e. The quantitative estimate of drug-likeness (QED) is 0.321. The van der Waals surface area contributed by atoms with Crippen LogP contribution < -0.4 is 10.6 Å². The fraction of sp³-hybridized carbons (Fsp3) is 0.929. The van der Waals surface area contributed by atoms with Gasteiger partial charge in [-0.05, 0) is 38.1 Å². The number of hydrogen-bond acceptors (Lipinski definition) is 2. The average Bonchev–Trinajstić information content (AvgIpc) is 3.13. The van der Waals surface area contributed by atoms with Crippen LogP contribution >= 0.6 is 24.0 Å². The molecule has 0 radical (unpaired) electrons. The molecule has 2 rings (SSSR count). The first kappa shape index (κ1) is 17.0. The second-order valence-corrected chi connectivity index (χ2v) is 5.61. The summed E-state index contributed by atoms with van der Waals surface area (Å²) in [6.07, 6.45) is 6.64. The zero-order valence-corrected chi connectivity index (χ0v) is 14.7. The van der Waals surface area contributed by atoms with Crippen molar-refractivity contribution in [3.8, 4) is 0 Å². The van der Waals surface area contributed by atoms with Gasteiger partial charge in [0.1, 0.15) is 0 Å². The van der Waals surface area contributed by atoms with E-state index in [0.29, 0.717) is 0 Å². The standard InChI is InChI=1S/C14H28N4.HI/c1-3-4-8-16-14(15-2)17-10-12-7-9-18(11-12)13-5-6-13;/h12-13H,3-11H2,1-2H3,(H2,15,16,17);1H. The number of halogens is 1. The van der Waals surface area contributed by atoms with Gasteiger partial charge < -0.3 is 15.5 Å². The van der Waals surface area contributed by atoms with E-state index in [1.807, 2.05) is 7.05 Å². The van der Waals surface area contributed by atoms with Crippen molar-refractivity contribution in [2.45, 2.75) is 45.1 Å². The predicted octanol–water partition coefficient (Wildman–Crippen LogP) is 2.05. The van der Waals surface area contributed by atoms with Crippen LogP contribution in [0.15, 0.2) is 4.99 Å². The van der Waals surface area contributed by atoms with Gasteiger partial charge in [0.15, 0.2) is 5.96 Å². The highest BCUT2D eigenvalue weighted by atomic mass is 127. The second-order valence-electron chi connectivity index (χ2n) is 5.61. The molecule has 1 heterocycles. The third kappa shape index (κ3) is 5.85. The van der Waals surface area contributed by atoms with Gasteiger partial charge in [-0.25, -0.2) is 0 Å². The Morgan fingerprint density at radius 3 is 2.68 bits per heavy atom. The van der Waals surface area contributed by atoms with Crippen molar-refractivity contribution in [1.82, 2.24) is 15.5 Å². The molecule has 0 aromatic carbocycles. The maximum atomic E-state index is 4.27. The summed E-state index contributed by atoms with van der Waals surface area (Å²) in [5, 5.41) is 6.83. The van der Waals surface area contributed by atoms with Crippen LogP contribution in [-0.2, 0) is 0 Å². The van der Waals surface area contributed by atoms with E-state index in [0.717, 1.165) is 31.0 Å². The van der Waals surface area contributed by atoms with Gasteiger partial charge in [0.2, 0.25) is 0 Å². The molecule has 5 heteroatoms. The van der Waals surface area contributed by atoms with Crippen molar-refractivity contribution in [2.24, 2.45) is 10.9 Å². The Labute approximate surface area is 134 Å². The molecule has 0 spiro atoms. The Morgan fingerprint density at radius 1 is 1.26 bits per heavy atom. The van der Waals surface area contributed by atoms with Crippen LogP contribution in [0.1, 0.15) is 39.0 Å². The van der Waals surface area contributed by atoms with Gasteiger partial charge in [-0.15, -0.1) is 24.0 Å². The van der Waals surface area contributed by atoms with Crippen LogP contribution in [-0.4, -0.2) is 50.1 Å². The third-order valence-electron chi connectivity index (χ3n) is 3.99. The monoisotopic (exact) mass is 380 g/mol. The van der Waals surface area contributed by atoms with Crippen molar-refractivity contribution in [2.75, 3.05) is 33.2 Å². The molecule has 1 aliphatic carbocycles. The number of hydrogen-bond donors (Lipinski definition) is 2. The number of likely N-dealkylation sites (tertiary alicyclic amines) is 1. The van der Waals surface area contributed by atoms with E-state index in [-0.39, 0.29) is 24.0 Å². The van der Waals surface area contributed by atoms with Crippen LogP contribution in [0, 0.1) is 5.92 Å². The Hall–Kier alpha value is -0.0400. The summed E-state index contributed by atoms with van der Waals surface area (Å²) >= 11 is 0. The minimum absolute atomic E-state index is 0. The molecule has 19 heavy (non-hydrogen) atoms. The predicted molar refractivity (Wildman–Crippen MR) is 92.4 cm³/mol. The van der Waals surface area contributed by atoms with Gasteiger partial charge in [0, 0.05) is 32.7 Å². The van der Waals surface area contributed by atoms with Gasteiger partial charge in [0.05, 0.1) is 0 Å². The van der Waals surface area contributed by atoms with E-state index in [9.17, 15) is 0 Å². The van der Waals surface area contributed by atoms with Crippen LogP contribution in [0.3, 0.4) is 0 Å². The highest BCUT2D eigenvalue weighted by Gasteiger charge is 2.34. The summed E-state index contributed by atoms with van der Waals surface area (Å²) in [7, 11) is 1.85. The molecule has 1 saturated carbocycles. The van der Waals surface area contributed by atoms with E-state index in [2.05, 4.69) is 27.4 Å². The molecular weight excluding hydrogens is 351 g/mol. The summed E-state index contributed by atoms with van der Waals surface area (Å²) in [4.78, 5) is 6.93. The van der Waals surface area contributed by atoms with Gasteiger partial charge in [-0.1, -0.05) is 13.3 Å². The van der Waals surface area contributed by atoms with Gasteiger partial charge in [0.25, 0.3) is 0 Å². The summed E-state index contributed by atoms with van der Waals surface area (Å²) in [5.74, 6) is 1.77. The number of nitrogens with zero attached hydrogens (tertiary/aromatic N) is 2. The molecule has 0 aromatic rings. The lowest BCUT2D eigenvalue weighted by Gasteiger charge is -2.17. The largest absolute Gasteiger partial charge is 0.356 e. The minimum Gasteiger partial charge on any atom is -0.356 e. The first-order valence-electron chi connectivity index (χ1n) is 7.52. The molecule has 0 bridgehead atoms. The van der Waals surface area contributed by atoms with Gasteiger partial charge in [-0.2, -0.15) is 0 Å². The maximum Gasteiger partial charge on any atom is 0.190 e. The first-order valence-corrected chi connectivity index (χ1v) is 7.52. The van der Waals surface area contributed by atoms with E-state index in [4.69, 9.17) is 0 Å². The van der Waals surface area contributed by atoms with Crippen LogP contribution in [0.4, 0.5) is 0 Å². The molecule has 1 unspecified atom stereocenters. The fourth-order valence-corrected chi connectivity index (χ4v) is 2.65. The molecule has 0 amide bonds. The summed E-state index contributed by atoms with van der Waals surface area (Å²) in [6.45, 7) is 6.88. The van der Waals surface area contributed by atoms with Crippen LogP contribution in [0.2, 0.25) is 0 Å². The Morgan fingerprint density at radius 2 is 2.05 bits per heavy atom. The molecule has 0 aromatic heterocycles. The van der Waals surface area contributed by atoms with Crippen molar-refractivity contribution in [3.63, 3.8) is 0 Å². The Kier molecular flexibility index (Phi) is 8.06. The molecule has 2 aliphatic rings. The Bertz CT molecular complexity index is 279. The maximum absolute atomic E-state index is 4.27. The van der Waals surface area contributed by atoms with Crippen molar-refractivity contribution in [1.29, 1.82) is 0 Å². The highest BCUT2D eigenvalue weighted by Crippen LogP contribution is 2.31. The molecule has 4 nitrogen and oxygen atoms in total. The van der Waals surface area contributed by atoms with E-state index < -0.39 is 0 Å². The van der Waals surface area contributed by atoms with Gasteiger partial charge >= 0.3 is 0 Å². The van der Waals surface area contributed by atoms with Crippen molar-refractivity contribution < 1.29 is 0 Å². The summed E-state index contributed by atoms with van der Waals surface area (Å²) in [5.41, 5.74) is 0. The number of aliphatic imine (C=N–C) groups is 1. The molecule has 2 fully saturated rings. The highest BCUT2D eigenvalue weighted by molar-refractivity contribution is 14.0. The minimum atomic E-state index is 0. The molecule has 2 N–H and O–H groups in total. The van der Waals surface area contributed by atoms with Crippen molar-refractivity contribution in [3.05, 3.63) is 0 Å².